The van der Waals surface area contributed by atoms with Gasteiger partial charge in [0.2, 0.25) is 5.13 Å². The number of benzene rings is 1. The molecule has 0 fully saturated rings. The Balaban J connectivity index is 2.32. The summed E-state index contributed by atoms with van der Waals surface area (Å²) in [6.07, 6.45) is 0.730. The highest BCUT2D eigenvalue weighted by molar-refractivity contribution is 7.91. The van der Waals surface area contributed by atoms with E-state index in [-0.39, 0.29) is 16.2 Å². The number of carbonyl (C=O) groups is 1. The van der Waals surface area contributed by atoms with Gasteiger partial charge in [-0.2, -0.15) is 0 Å². The maximum Gasteiger partial charge on any atom is 0.258 e. The molecule has 0 bridgehead atoms. The number of aryl methyl sites for hydroxylation is 1. The minimum atomic E-state index is -3.46. The van der Waals surface area contributed by atoms with Gasteiger partial charge in [-0.05, 0) is 18.6 Å². The lowest BCUT2D eigenvalue weighted by Crippen LogP contribution is -2.17. The fraction of sp³-hybridized carbons (Fsp3) is 0.308. The van der Waals surface area contributed by atoms with Crippen molar-refractivity contribution in [1.82, 2.24) is 10.2 Å². The van der Waals surface area contributed by atoms with Gasteiger partial charge in [0.1, 0.15) is 5.01 Å². The molecule has 0 unspecified atom stereocenters. The third-order valence-electron chi connectivity index (χ3n) is 2.84. The third kappa shape index (κ3) is 3.45. The van der Waals surface area contributed by atoms with E-state index in [9.17, 15) is 13.2 Å². The van der Waals surface area contributed by atoms with Gasteiger partial charge in [0.05, 0.1) is 16.2 Å². The lowest BCUT2D eigenvalue weighted by atomic mass is 10.2. The molecule has 0 aliphatic heterocycles. The molecular formula is C13H15N3O3S2. The van der Waals surface area contributed by atoms with E-state index >= 15 is 0 Å². The lowest BCUT2D eigenvalue weighted by Gasteiger charge is -2.08. The second kappa shape index (κ2) is 6.31. The van der Waals surface area contributed by atoms with Gasteiger partial charge in [-0.1, -0.05) is 37.3 Å². The number of carbonyl (C=O) groups excluding carboxylic acids is 1. The van der Waals surface area contributed by atoms with Gasteiger partial charge in [-0.25, -0.2) is 8.42 Å². The normalized spacial score (nSPS) is 11.3. The number of nitrogens with one attached hydrogen (secondary N) is 1. The van der Waals surface area contributed by atoms with Crippen LogP contribution in [-0.2, 0) is 16.3 Å². The van der Waals surface area contributed by atoms with Crippen LogP contribution in [0.5, 0.6) is 0 Å². The Morgan fingerprint density at radius 1 is 1.24 bits per heavy atom. The van der Waals surface area contributed by atoms with Crippen molar-refractivity contribution in [1.29, 1.82) is 0 Å². The van der Waals surface area contributed by atoms with Crippen molar-refractivity contribution in [2.24, 2.45) is 0 Å². The standard InChI is InChI=1S/C13H15N3O3S2/c1-3-11-15-16-13(20-11)14-12(17)9-7-5-6-8-10(9)21(18,19)4-2/h5-8H,3-4H2,1-2H3,(H,14,16,17). The van der Waals surface area contributed by atoms with Crippen molar-refractivity contribution in [3.8, 4) is 0 Å². The van der Waals surface area contributed by atoms with E-state index in [0.29, 0.717) is 5.13 Å². The molecule has 2 aromatic rings. The molecule has 1 aromatic carbocycles. The van der Waals surface area contributed by atoms with Gasteiger partial charge in [0, 0.05) is 0 Å². The fourth-order valence-corrected chi connectivity index (χ4v) is 3.46. The van der Waals surface area contributed by atoms with Crippen molar-refractivity contribution in [2.75, 3.05) is 11.1 Å². The molecule has 0 aliphatic carbocycles. The third-order valence-corrected chi connectivity index (χ3v) is 5.61. The van der Waals surface area contributed by atoms with Crippen LogP contribution in [-0.4, -0.2) is 30.3 Å². The SMILES string of the molecule is CCc1nnc(NC(=O)c2ccccc2S(=O)(=O)CC)s1. The minimum absolute atomic E-state index is 0.0326. The maximum atomic E-state index is 12.3. The maximum absolute atomic E-state index is 12.3. The molecule has 1 amide bonds. The Hall–Kier alpha value is -1.80. The topological polar surface area (TPSA) is 89.0 Å². The summed E-state index contributed by atoms with van der Waals surface area (Å²) in [5.41, 5.74) is 0.118. The summed E-state index contributed by atoms with van der Waals surface area (Å²) >= 11 is 1.27. The molecule has 1 N–H and O–H groups in total. The predicted octanol–water partition coefficient (Wildman–Crippen LogP) is 2.15. The Bertz CT molecular complexity index is 754. The van der Waals surface area contributed by atoms with Crippen LogP contribution >= 0.6 is 11.3 Å². The van der Waals surface area contributed by atoms with Crippen LogP contribution in [0, 0.1) is 0 Å². The summed E-state index contributed by atoms with van der Waals surface area (Å²) in [4.78, 5) is 12.3. The van der Waals surface area contributed by atoms with Crippen molar-refractivity contribution >= 4 is 32.2 Å². The lowest BCUT2D eigenvalue weighted by molar-refractivity contribution is 0.102. The Morgan fingerprint density at radius 2 is 1.95 bits per heavy atom. The first kappa shape index (κ1) is 15.6. The molecule has 0 aliphatic rings. The van der Waals surface area contributed by atoms with Crippen LogP contribution < -0.4 is 5.32 Å². The molecule has 21 heavy (non-hydrogen) atoms. The number of sulfone groups is 1. The van der Waals surface area contributed by atoms with E-state index in [1.807, 2.05) is 6.92 Å². The average Bonchev–Trinajstić information content (AvgIpc) is 2.94. The van der Waals surface area contributed by atoms with Gasteiger partial charge < -0.3 is 0 Å². The van der Waals surface area contributed by atoms with E-state index in [2.05, 4.69) is 15.5 Å². The summed E-state index contributed by atoms with van der Waals surface area (Å²) in [6.45, 7) is 3.48. The van der Waals surface area contributed by atoms with Crippen molar-refractivity contribution in [3.63, 3.8) is 0 Å². The minimum Gasteiger partial charge on any atom is -0.296 e. The predicted molar refractivity (Wildman–Crippen MR) is 81.4 cm³/mol. The zero-order valence-electron chi connectivity index (χ0n) is 11.7. The number of anilines is 1. The van der Waals surface area contributed by atoms with E-state index in [1.54, 1.807) is 19.1 Å². The van der Waals surface area contributed by atoms with Gasteiger partial charge in [-0.3, -0.25) is 10.1 Å². The van der Waals surface area contributed by atoms with Crippen molar-refractivity contribution in [3.05, 3.63) is 34.8 Å². The van der Waals surface area contributed by atoms with Crippen LogP contribution in [0.1, 0.15) is 29.2 Å². The fourth-order valence-electron chi connectivity index (χ4n) is 1.69. The van der Waals surface area contributed by atoms with E-state index in [1.165, 1.54) is 23.5 Å². The summed E-state index contributed by atoms with van der Waals surface area (Å²) in [7, 11) is -3.46. The number of rotatable bonds is 5. The second-order valence-electron chi connectivity index (χ2n) is 4.21. The number of amides is 1. The summed E-state index contributed by atoms with van der Waals surface area (Å²) in [5, 5.41) is 11.5. The number of hydrogen-bond donors (Lipinski definition) is 1. The molecule has 0 atom stereocenters. The van der Waals surface area contributed by atoms with Crippen LogP contribution in [0.4, 0.5) is 5.13 Å². The first-order valence-corrected chi connectivity index (χ1v) is 8.90. The number of hydrogen-bond acceptors (Lipinski definition) is 6. The quantitative estimate of drug-likeness (QED) is 0.910. The first-order chi connectivity index (χ1) is 9.97. The molecule has 2 rings (SSSR count). The highest BCUT2D eigenvalue weighted by Crippen LogP contribution is 2.20. The molecule has 0 spiro atoms. The van der Waals surface area contributed by atoms with Gasteiger partial charge >= 0.3 is 0 Å². The Morgan fingerprint density at radius 3 is 2.57 bits per heavy atom. The Kier molecular flexibility index (Phi) is 4.69. The van der Waals surface area contributed by atoms with Crippen LogP contribution in [0.25, 0.3) is 0 Å². The highest BCUT2D eigenvalue weighted by atomic mass is 32.2. The molecule has 0 radical (unpaired) electrons. The summed E-state index contributed by atoms with van der Waals surface area (Å²) < 4.78 is 24.0. The van der Waals surface area contributed by atoms with Crippen molar-refractivity contribution in [2.45, 2.75) is 25.2 Å². The molecule has 6 nitrogen and oxygen atoms in total. The van der Waals surface area contributed by atoms with Gasteiger partial charge in [-0.15, -0.1) is 10.2 Å². The van der Waals surface area contributed by atoms with Crippen molar-refractivity contribution < 1.29 is 13.2 Å². The zero-order valence-corrected chi connectivity index (χ0v) is 13.3. The van der Waals surface area contributed by atoms with E-state index < -0.39 is 15.7 Å². The zero-order chi connectivity index (χ0) is 15.5. The molecule has 8 heteroatoms. The number of aromatic nitrogens is 2. The smallest absolute Gasteiger partial charge is 0.258 e. The Labute approximate surface area is 127 Å². The average molecular weight is 325 g/mol. The first-order valence-electron chi connectivity index (χ1n) is 6.43. The molecule has 112 valence electrons. The molecular weight excluding hydrogens is 310 g/mol. The van der Waals surface area contributed by atoms with E-state index in [4.69, 9.17) is 0 Å². The van der Waals surface area contributed by atoms with Gasteiger partial charge in [0.25, 0.3) is 5.91 Å². The number of nitrogens with zero attached hydrogens (tertiary/aromatic N) is 2. The highest BCUT2D eigenvalue weighted by Gasteiger charge is 2.21. The van der Waals surface area contributed by atoms with Crippen LogP contribution in [0.15, 0.2) is 29.2 Å². The van der Waals surface area contributed by atoms with Crippen LogP contribution in [0.3, 0.4) is 0 Å². The summed E-state index contributed by atoms with van der Waals surface area (Å²) in [6, 6.07) is 6.14. The largest absolute Gasteiger partial charge is 0.296 e. The molecule has 1 aromatic heterocycles. The molecule has 0 saturated carbocycles. The molecule has 1 heterocycles. The summed E-state index contributed by atoms with van der Waals surface area (Å²) in [5.74, 6) is -0.558. The second-order valence-corrected chi connectivity index (χ2v) is 7.52. The molecule has 0 saturated heterocycles. The van der Waals surface area contributed by atoms with Crippen LogP contribution in [0.2, 0.25) is 0 Å². The monoisotopic (exact) mass is 325 g/mol. The van der Waals surface area contributed by atoms with Gasteiger partial charge in [0.15, 0.2) is 9.84 Å². The van der Waals surface area contributed by atoms with E-state index in [0.717, 1.165) is 11.4 Å².